The number of nitrogens with one attached hydrogen (secondary N) is 2. The highest BCUT2D eigenvalue weighted by atomic mass is 16.6. The Morgan fingerprint density at radius 2 is 1.96 bits per heavy atom. The maximum atomic E-state index is 12.3. The summed E-state index contributed by atoms with van der Waals surface area (Å²) in [5, 5.41) is 5.63. The number of benzene rings is 1. The molecule has 8 heteroatoms. The van der Waals surface area contributed by atoms with Crippen LogP contribution in [0, 0.1) is 0 Å². The molecule has 2 saturated heterocycles. The lowest BCUT2D eigenvalue weighted by molar-refractivity contribution is -0.123. The molecule has 3 amide bonds. The molecule has 1 spiro atoms. The summed E-state index contributed by atoms with van der Waals surface area (Å²) in [5.41, 5.74) is 1.20. The molecule has 2 N–H and O–H groups in total. The summed E-state index contributed by atoms with van der Waals surface area (Å²) in [6, 6.07) is 7.36. The lowest BCUT2D eigenvalue weighted by Gasteiger charge is -2.37. The maximum absolute atomic E-state index is 12.3. The first-order chi connectivity index (χ1) is 12.8. The van der Waals surface area contributed by atoms with Crippen LogP contribution in [-0.2, 0) is 20.9 Å². The van der Waals surface area contributed by atoms with Crippen LogP contribution in [0.4, 0.5) is 10.5 Å². The lowest BCUT2D eigenvalue weighted by Crippen LogP contribution is -2.52. The summed E-state index contributed by atoms with van der Waals surface area (Å²) in [6.07, 6.45) is 1.45. The molecule has 8 nitrogen and oxygen atoms in total. The van der Waals surface area contributed by atoms with Gasteiger partial charge in [-0.2, -0.15) is 0 Å². The van der Waals surface area contributed by atoms with E-state index in [2.05, 4.69) is 10.6 Å². The van der Waals surface area contributed by atoms with Crippen molar-refractivity contribution in [3.8, 4) is 0 Å². The van der Waals surface area contributed by atoms with Gasteiger partial charge in [0.15, 0.2) is 0 Å². The van der Waals surface area contributed by atoms with Crippen molar-refractivity contribution in [2.45, 2.75) is 31.9 Å². The number of anilines is 1. The van der Waals surface area contributed by atoms with Gasteiger partial charge < -0.3 is 20.3 Å². The van der Waals surface area contributed by atoms with Gasteiger partial charge in [-0.25, -0.2) is 4.79 Å². The van der Waals surface area contributed by atoms with Gasteiger partial charge >= 0.3 is 6.09 Å². The summed E-state index contributed by atoms with van der Waals surface area (Å²) >= 11 is 0. The zero-order valence-electron chi connectivity index (χ0n) is 15.8. The highest BCUT2D eigenvalue weighted by molar-refractivity contribution is 5.88. The molecule has 1 unspecified atom stereocenters. The van der Waals surface area contributed by atoms with Crippen LogP contribution < -0.4 is 10.6 Å². The first-order valence-electron chi connectivity index (χ1n) is 9.15. The number of hydrogen-bond acceptors (Lipinski definition) is 5. The predicted octanol–water partition coefficient (Wildman–Crippen LogP) is 1.18. The van der Waals surface area contributed by atoms with Gasteiger partial charge in [-0.15, -0.1) is 0 Å². The van der Waals surface area contributed by atoms with Gasteiger partial charge in [-0.05, 0) is 37.1 Å². The molecule has 27 heavy (non-hydrogen) atoms. The number of rotatable bonds is 5. The van der Waals surface area contributed by atoms with E-state index in [1.165, 1.54) is 6.92 Å². The topological polar surface area (TPSA) is 91.0 Å². The molecule has 146 valence electrons. The van der Waals surface area contributed by atoms with Gasteiger partial charge in [-0.1, -0.05) is 12.1 Å². The Balaban J connectivity index is 1.46. The van der Waals surface area contributed by atoms with Gasteiger partial charge in [0.05, 0.1) is 13.1 Å². The van der Waals surface area contributed by atoms with E-state index in [-0.39, 0.29) is 24.5 Å². The molecule has 0 saturated carbocycles. The molecule has 2 heterocycles. The fraction of sp³-hybridized carbons (Fsp3) is 0.526. The van der Waals surface area contributed by atoms with Crippen molar-refractivity contribution >= 4 is 23.6 Å². The second kappa shape index (κ2) is 7.96. The second-order valence-electron chi connectivity index (χ2n) is 7.38. The highest BCUT2D eigenvalue weighted by Crippen LogP contribution is 2.31. The Morgan fingerprint density at radius 1 is 1.22 bits per heavy atom. The van der Waals surface area contributed by atoms with E-state index < -0.39 is 5.60 Å². The minimum absolute atomic E-state index is 0.0596. The first kappa shape index (κ1) is 19.2. The Morgan fingerprint density at radius 3 is 2.59 bits per heavy atom. The van der Waals surface area contributed by atoms with Crippen molar-refractivity contribution in [3.05, 3.63) is 29.8 Å². The SMILES string of the molecule is CC(=O)Nc1ccc(CNC(=O)CN2CCCC3(C2)CN(C)C(=O)O3)cc1. The van der Waals surface area contributed by atoms with Crippen molar-refractivity contribution < 1.29 is 19.1 Å². The Labute approximate surface area is 158 Å². The molecule has 1 aromatic rings. The number of likely N-dealkylation sites (N-methyl/N-ethyl adjacent to an activating group) is 1. The molecular formula is C19H26N4O4. The second-order valence-corrected chi connectivity index (χ2v) is 7.38. The fourth-order valence-corrected chi connectivity index (χ4v) is 3.70. The smallest absolute Gasteiger partial charge is 0.410 e. The van der Waals surface area contributed by atoms with Crippen molar-refractivity contribution in [2.24, 2.45) is 0 Å². The predicted molar refractivity (Wildman–Crippen MR) is 100 cm³/mol. The van der Waals surface area contributed by atoms with Crippen LogP contribution in [0.25, 0.3) is 0 Å². The Hall–Kier alpha value is -2.61. The number of hydrogen-bond donors (Lipinski definition) is 2. The molecule has 2 aliphatic heterocycles. The van der Waals surface area contributed by atoms with Gasteiger partial charge in [0, 0.05) is 32.7 Å². The van der Waals surface area contributed by atoms with Crippen LogP contribution in [0.2, 0.25) is 0 Å². The third kappa shape index (κ3) is 4.97. The molecule has 0 aromatic heterocycles. The largest absolute Gasteiger partial charge is 0.440 e. The van der Waals surface area contributed by atoms with Gasteiger partial charge in [0.1, 0.15) is 5.60 Å². The standard InChI is InChI=1S/C19H26N4O4/c1-14(24)21-16-6-4-15(5-7-16)10-20-17(25)11-23-9-3-8-19(13-23)12-22(2)18(26)27-19/h4-7H,3,8-13H2,1-2H3,(H,20,25)(H,21,24). The molecule has 3 rings (SSSR count). The van der Waals surface area contributed by atoms with Crippen molar-refractivity contribution in [3.63, 3.8) is 0 Å². The molecule has 0 aliphatic carbocycles. The maximum Gasteiger partial charge on any atom is 0.410 e. The average molecular weight is 374 g/mol. The quantitative estimate of drug-likeness (QED) is 0.808. The molecule has 2 fully saturated rings. The van der Waals surface area contributed by atoms with Crippen molar-refractivity contribution in [1.29, 1.82) is 0 Å². The summed E-state index contributed by atoms with van der Waals surface area (Å²) in [4.78, 5) is 38.7. The van der Waals surface area contributed by atoms with Gasteiger partial charge in [0.2, 0.25) is 11.8 Å². The number of nitrogens with zero attached hydrogens (tertiary/aromatic N) is 2. The van der Waals surface area contributed by atoms with Crippen LogP contribution in [0.1, 0.15) is 25.3 Å². The average Bonchev–Trinajstić information content (AvgIpc) is 2.87. The highest BCUT2D eigenvalue weighted by Gasteiger charge is 2.46. The van der Waals surface area contributed by atoms with E-state index in [0.29, 0.717) is 19.6 Å². The van der Waals surface area contributed by atoms with Crippen LogP contribution in [-0.4, -0.2) is 66.5 Å². The fourth-order valence-electron chi connectivity index (χ4n) is 3.70. The number of ether oxygens (including phenoxy) is 1. The third-order valence-electron chi connectivity index (χ3n) is 4.89. The molecular weight excluding hydrogens is 348 g/mol. The molecule has 0 radical (unpaired) electrons. The van der Waals surface area contributed by atoms with Crippen LogP contribution >= 0.6 is 0 Å². The van der Waals surface area contributed by atoms with E-state index in [4.69, 9.17) is 4.74 Å². The van der Waals surface area contributed by atoms with Crippen LogP contribution in [0.3, 0.4) is 0 Å². The number of amides is 3. The monoisotopic (exact) mass is 374 g/mol. The Kier molecular flexibility index (Phi) is 5.65. The molecule has 2 aliphatic rings. The Bertz CT molecular complexity index is 721. The number of carbonyl (C=O) groups excluding carboxylic acids is 3. The molecule has 1 atom stereocenters. The van der Waals surface area contributed by atoms with Crippen molar-refractivity contribution in [1.82, 2.24) is 15.1 Å². The summed E-state index contributed by atoms with van der Waals surface area (Å²) in [7, 11) is 1.74. The lowest BCUT2D eigenvalue weighted by atomic mass is 9.93. The van der Waals surface area contributed by atoms with Gasteiger partial charge in [0.25, 0.3) is 0 Å². The van der Waals surface area contributed by atoms with E-state index in [0.717, 1.165) is 30.6 Å². The summed E-state index contributed by atoms with van der Waals surface area (Å²) in [5.74, 6) is -0.176. The molecule has 1 aromatic carbocycles. The number of likely N-dealkylation sites (tertiary alicyclic amines) is 1. The minimum Gasteiger partial charge on any atom is -0.440 e. The van der Waals surface area contributed by atoms with Crippen LogP contribution in [0.15, 0.2) is 24.3 Å². The first-order valence-corrected chi connectivity index (χ1v) is 9.15. The minimum atomic E-state index is -0.482. The summed E-state index contributed by atoms with van der Waals surface area (Å²) in [6.45, 7) is 4.15. The third-order valence-corrected chi connectivity index (χ3v) is 4.89. The summed E-state index contributed by atoms with van der Waals surface area (Å²) < 4.78 is 5.57. The zero-order chi connectivity index (χ0) is 19.4. The normalized spacial score (nSPS) is 22.6. The van der Waals surface area contributed by atoms with Crippen molar-refractivity contribution in [2.75, 3.05) is 38.5 Å². The van der Waals surface area contributed by atoms with E-state index in [1.54, 1.807) is 11.9 Å². The van der Waals surface area contributed by atoms with E-state index >= 15 is 0 Å². The molecule has 0 bridgehead atoms. The van der Waals surface area contributed by atoms with E-state index in [1.807, 2.05) is 29.2 Å². The zero-order valence-corrected chi connectivity index (χ0v) is 15.8. The van der Waals surface area contributed by atoms with Gasteiger partial charge in [-0.3, -0.25) is 14.5 Å². The number of carbonyl (C=O) groups is 3. The van der Waals surface area contributed by atoms with Crippen LogP contribution in [0.5, 0.6) is 0 Å². The van der Waals surface area contributed by atoms with E-state index in [9.17, 15) is 14.4 Å². The number of piperidine rings is 1.